The second-order valence-corrected chi connectivity index (χ2v) is 4.31. The number of furan rings is 1. The molecule has 0 radical (unpaired) electrons. The summed E-state index contributed by atoms with van der Waals surface area (Å²) in [5, 5.41) is 5.46. The van der Waals surface area contributed by atoms with Crippen LogP contribution >= 0.6 is 11.3 Å². The SMILES string of the molecule is Cc1csc(C(=NOC(=O)c2ccco2)C(N)=O)n1. The molecule has 7 nitrogen and oxygen atoms in total. The van der Waals surface area contributed by atoms with Crippen molar-refractivity contribution in [2.75, 3.05) is 0 Å². The van der Waals surface area contributed by atoms with Gasteiger partial charge in [0.15, 0.2) is 5.01 Å². The van der Waals surface area contributed by atoms with Crippen LogP contribution in [0.25, 0.3) is 0 Å². The van der Waals surface area contributed by atoms with Crippen LogP contribution < -0.4 is 5.73 Å². The second-order valence-electron chi connectivity index (χ2n) is 3.45. The number of nitrogens with zero attached hydrogens (tertiary/aromatic N) is 2. The highest BCUT2D eigenvalue weighted by Gasteiger charge is 2.17. The van der Waals surface area contributed by atoms with Crippen LogP contribution in [-0.4, -0.2) is 22.6 Å². The van der Waals surface area contributed by atoms with E-state index in [1.807, 2.05) is 0 Å². The molecule has 0 aliphatic carbocycles. The van der Waals surface area contributed by atoms with Gasteiger partial charge in [-0.1, -0.05) is 5.16 Å². The third-order valence-electron chi connectivity index (χ3n) is 2.00. The van der Waals surface area contributed by atoms with Crippen LogP contribution in [0.1, 0.15) is 21.3 Å². The van der Waals surface area contributed by atoms with Gasteiger partial charge < -0.3 is 15.0 Å². The molecule has 0 aromatic carbocycles. The van der Waals surface area contributed by atoms with Crippen LogP contribution in [0, 0.1) is 6.92 Å². The normalized spacial score (nSPS) is 11.3. The van der Waals surface area contributed by atoms with Gasteiger partial charge in [-0.25, -0.2) is 9.78 Å². The third kappa shape index (κ3) is 3.05. The fourth-order valence-corrected chi connectivity index (χ4v) is 1.96. The molecule has 8 heteroatoms. The number of nitrogens with two attached hydrogens (primary N) is 1. The number of rotatable bonds is 4. The number of hydrogen-bond acceptors (Lipinski definition) is 7. The van der Waals surface area contributed by atoms with Crippen molar-refractivity contribution >= 4 is 28.9 Å². The van der Waals surface area contributed by atoms with Gasteiger partial charge in [-0.15, -0.1) is 11.3 Å². The maximum Gasteiger partial charge on any atom is 0.400 e. The van der Waals surface area contributed by atoms with Gasteiger partial charge in [0.1, 0.15) is 0 Å². The smallest absolute Gasteiger partial charge is 0.400 e. The Kier molecular flexibility index (Phi) is 3.71. The minimum atomic E-state index is -0.832. The molecule has 1 amide bonds. The lowest BCUT2D eigenvalue weighted by molar-refractivity contribution is -0.112. The van der Waals surface area contributed by atoms with Crippen molar-refractivity contribution in [1.82, 2.24) is 4.98 Å². The number of oxime groups is 1. The molecule has 0 saturated carbocycles. The van der Waals surface area contributed by atoms with E-state index in [9.17, 15) is 9.59 Å². The molecular weight excluding hydrogens is 270 g/mol. The summed E-state index contributed by atoms with van der Waals surface area (Å²) in [4.78, 5) is 31.4. The molecule has 2 aromatic rings. The largest absolute Gasteiger partial charge is 0.457 e. The molecule has 0 saturated heterocycles. The number of thiazole rings is 1. The lowest BCUT2D eigenvalue weighted by atomic mass is 10.4. The van der Waals surface area contributed by atoms with Gasteiger partial charge >= 0.3 is 5.97 Å². The summed E-state index contributed by atoms with van der Waals surface area (Å²) >= 11 is 1.18. The van der Waals surface area contributed by atoms with Crippen molar-refractivity contribution in [1.29, 1.82) is 0 Å². The van der Waals surface area contributed by atoms with Gasteiger partial charge in [0.05, 0.1) is 6.26 Å². The lowest BCUT2D eigenvalue weighted by Crippen LogP contribution is -2.25. The Hall–Kier alpha value is -2.48. The summed E-state index contributed by atoms with van der Waals surface area (Å²) in [6, 6.07) is 2.94. The summed E-state index contributed by atoms with van der Waals surface area (Å²) in [7, 11) is 0. The number of hydrogen-bond donors (Lipinski definition) is 1. The predicted octanol–water partition coefficient (Wildman–Crippen LogP) is 1.09. The number of primary amides is 1. The quantitative estimate of drug-likeness (QED) is 0.512. The van der Waals surface area contributed by atoms with Crippen LogP contribution in [0.3, 0.4) is 0 Å². The first kappa shape index (κ1) is 13.0. The van der Waals surface area contributed by atoms with E-state index < -0.39 is 11.9 Å². The van der Waals surface area contributed by atoms with E-state index in [1.165, 1.54) is 29.7 Å². The summed E-state index contributed by atoms with van der Waals surface area (Å²) < 4.78 is 4.82. The fraction of sp³-hybridized carbons (Fsp3) is 0.0909. The number of carbonyl (C=O) groups excluding carboxylic acids is 2. The second kappa shape index (κ2) is 5.44. The first-order valence-corrected chi connectivity index (χ1v) is 6.01. The number of aryl methyl sites for hydroxylation is 1. The van der Waals surface area contributed by atoms with Crippen LogP contribution in [0.4, 0.5) is 0 Å². The molecule has 2 aromatic heterocycles. The first-order chi connectivity index (χ1) is 9.08. The van der Waals surface area contributed by atoms with Gasteiger partial charge in [0.25, 0.3) is 5.91 Å². The molecule has 0 atom stereocenters. The minimum Gasteiger partial charge on any atom is -0.457 e. The zero-order valence-corrected chi connectivity index (χ0v) is 10.6. The van der Waals surface area contributed by atoms with Crippen molar-refractivity contribution in [2.45, 2.75) is 6.92 Å². The van der Waals surface area contributed by atoms with Crippen molar-refractivity contribution in [3.05, 3.63) is 40.2 Å². The first-order valence-electron chi connectivity index (χ1n) is 5.13. The number of carbonyl (C=O) groups is 2. The molecule has 0 unspecified atom stereocenters. The zero-order valence-electron chi connectivity index (χ0n) is 9.82. The number of amides is 1. The molecule has 0 spiro atoms. The Bertz CT molecular complexity index is 630. The zero-order chi connectivity index (χ0) is 13.8. The molecule has 2 rings (SSSR count). The van der Waals surface area contributed by atoms with E-state index in [1.54, 1.807) is 12.3 Å². The van der Waals surface area contributed by atoms with Gasteiger partial charge in [0, 0.05) is 11.1 Å². The highest BCUT2D eigenvalue weighted by molar-refractivity contribution is 7.12. The van der Waals surface area contributed by atoms with Crippen molar-refractivity contribution in [3.8, 4) is 0 Å². The Morgan fingerprint density at radius 3 is 2.84 bits per heavy atom. The van der Waals surface area contributed by atoms with Crippen LogP contribution in [-0.2, 0) is 9.63 Å². The van der Waals surface area contributed by atoms with Crippen molar-refractivity contribution < 1.29 is 18.8 Å². The van der Waals surface area contributed by atoms with Crippen LogP contribution in [0.5, 0.6) is 0 Å². The van der Waals surface area contributed by atoms with Crippen LogP contribution in [0.2, 0.25) is 0 Å². The summed E-state index contributed by atoms with van der Waals surface area (Å²) in [6.07, 6.45) is 1.32. The van der Waals surface area contributed by atoms with Gasteiger partial charge in [-0.05, 0) is 19.1 Å². The van der Waals surface area contributed by atoms with Gasteiger partial charge in [-0.3, -0.25) is 4.79 Å². The molecule has 2 N–H and O–H groups in total. The third-order valence-corrected chi connectivity index (χ3v) is 2.96. The maximum absolute atomic E-state index is 11.5. The topological polar surface area (TPSA) is 108 Å². The average molecular weight is 279 g/mol. The Morgan fingerprint density at radius 1 is 1.53 bits per heavy atom. The predicted molar refractivity (Wildman–Crippen MR) is 66.7 cm³/mol. The molecule has 98 valence electrons. The van der Waals surface area contributed by atoms with Crippen LogP contribution in [0.15, 0.2) is 33.3 Å². The summed E-state index contributed by atoms with van der Waals surface area (Å²) in [5.41, 5.74) is 5.67. The minimum absolute atomic E-state index is 0.0251. The summed E-state index contributed by atoms with van der Waals surface area (Å²) in [6.45, 7) is 1.76. The highest BCUT2D eigenvalue weighted by atomic mass is 32.1. The Morgan fingerprint density at radius 2 is 2.32 bits per heavy atom. The average Bonchev–Trinajstić information content (AvgIpc) is 3.00. The lowest BCUT2D eigenvalue weighted by Gasteiger charge is -1.97. The molecule has 0 aliphatic heterocycles. The fourth-order valence-electron chi connectivity index (χ4n) is 1.18. The van der Waals surface area contributed by atoms with Crippen molar-refractivity contribution in [2.24, 2.45) is 10.9 Å². The van der Waals surface area contributed by atoms with E-state index in [-0.39, 0.29) is 16.5 Å². The molecule has 2 heterocycles. The molecule has 0 bridgehead atoms. The Balaban J connectivity index is 2.18. The van der Waals surface area contributed by atoms with Crippen molar-refractivity contribution in [3.63, 3.8) is 0 Å². The monoisotopic (exact) mass is 279 g/mol. The molecule has 19 heavy (non-hydrogen) atoms. The van der Waals surface area contributed by atoms with E-state index in [0.29, 0.717) is 5.69 Å². The Labute approximate surface area is 111 Å². The number of aromatic nitrogens is 1. The van der Waals surface area contributed by atoms with E-state index in [2.05, 4.69) is 15.0 Å². The van der Waals surface area contributed by atoms with Gasteiger partial charge in [0.2, 0.25) is 11.5 Å². The highest BCUT2D eigenvalue weighted by Crippen LogP contribution is 2.11. The van der Waals surface area contributed by atoms with E-state index in [0.717, 1.165) is 0 Å². The molecule has 0 fully saturated rings. The standard InChI is InChI=1S/C11H9N3O4S/c1-6-5-19-10(13-6)8(9(12)15)14-18-11(16)7-3-2-4-17-7/h2-5H,1H3,(H2,12,15). The maximum atomic E-state index is 11.5. The van der Waals surface area contributed by atoms with Gasteiger partial charge in [-0.2, -0.15) is 0 Å². The summed E-state index contributed by atoms with van der Waals surface area (Å²) in [5.74, 6) is -1.68. The van der Waals surface area contributed by atoms with E-state index in [4.69, 9.17) is 10.2 Å². The molecular formula is C11H9N3O4S. The molecule has 0 aliphatic rings. The van der Waals surface area contributed by atoms with E-state index >= 15 is 0 Å².